The first-order valence-corrected chi connectivity index (χ1v) is 5.73. The predicted molar refractivity (Wildman–Crippen MR) is 62.6 cm³/mol. The number of para-hydroxylation sites is 1. The molecule has 0 atom stereocenters. The van der Waals surface area contributed by atoms with Gasteiger partial charge in [0.1, 0.15) is 5.75 Å². The molecule has 0 unspecified atom stereocenters. The summed E-state index contributed by atoms with van der Waals surface area (Å²) in [7, 11) is 0. The van der Waals surface area contributed by atoms with Crippen LogP contribution in [0, 0.1) is 0 Å². The van der Waals surface area contributed by atoms with E-state index in [9.17, 15) is 14.7 Å². The Bertz CT molecular complexity index is 442. The van der Waals surface area contributed by atoms with E-state index < -0.39 is 0 Å². The van der Waals surface area contributed by atoms with Gasteiger partial charge in [-0.05, 0) is 12.5 Å². The van der Waals surface area contributed by atoms with Gasteiger partial charge in [-0.2, -0.15) is 0 Å². The second-order valence-electron chi connectivity index (χ2n) is 4.26. The lowest BCUT2D eigenvalue weighted by atomic mass is 10.1. The number of carbonyl (C=O) groups is 2. The minimum Gasteiger partial charge on any atom is -0.508 e. The molecule has 0 saturated carbocycles. The van der Waals surface area contributed by atoms with Gasteiger partial charge >= 0.3 is 0 Å². The summed E-state index contributed by atoms with van der Waals surface area (Å²) in [5, 5.41) is 9.57. The van der Waals surface area contributed by atoms with Gasteiger partial charge < -0.3 is 10.0 Å². The van der Waals surface area contributed by atoms with Crippen molar-refractivity contribution in [2.75, 3.05) is 13.1 Å². The number of likely N-dealkylation sites (tertiary alicyclic amines) is 1. The molecule has 0 spiro atoms. The van der Waals surface area contributed by atoms with E-state index in [0.29, 0.717) is 18.5 Å². The van der Waals surface area contributed by atoms with Crippen molar-refractivity contribution in [1.82, 2.24) is 4.90 Å². The average Bonchev–Trinajstić information content (AvgIpc) is 2.32. The van der Waals surface area contributed by atoms with Crippen LogP contribution in [0.4, 0.5) is 0 Å². The summed E-state index contributed by atoms with van der Waals surface area (Å²) in [6.07, 6.45) is 1.46. The third-order valence-electron chi connectivity index (χ3n) is 2.94. The van der Waals surface area contributed by atoms with E-state index in [2.05, 4.69) is 0 Å². The van der Waals surface area contributed by atoms with Crippen molar-refractivity contribution in [1.29, 1.82) is 0 Å². The largest absolute Gasteiger partial charge is 0.508 e. The fourth-order valence-electron chi connectivity index (χ4n) is 1.99. The molecule has 1 aliphatic heterocycles. The number of rotatable bonds is 2. The highest BCUT2D eigenvalue weighted by Crippen LogP contribution is 2.17. The molecule has 17 heavy (non-hydrogen) atoms. The van der Waals surface area contributed by atoms with E-state index >= 15 is 0 Å². The molecule has 1 aromatic rings. The molecule has 0 bridgehead atoms. The molecule has 2 rings (SSSR count). The number of amides is 1. The van der Waals surface area contributed by atoms with Crippen molar-refractivity contribution in [3.63, 3.8) is 0 Å². The standard InChI is InChI=1S/C13H15NO3/c15-11-5-3-7-14(9-11)13(17)8-10-4-1-2-6-12(10)16/h1-2,4,6,16H,3,5,7-9H2. The molecule has 1 N–H and O–H groups in total. The fourth-order valence-corrected chi connectivity index (χ4v) is 1.99. The molecule has 4 heteroatoms. The maximum absolute atomic E-state index is 11.9. The van der Waals surface area contributed by atoms with Crippen LogP contribution in [0.1, 0.15) is 18.4 Å². The van der Waals surface area contributed by atoms with Crippen molar-refractivity contribution in [2.45, 2.75) is 19.3 Å². The van der Waals surface area contributed by atoms with Crippen LogP contribution >= 0.6 is 0 Å². The molecule has 1 fully saturated rings. The Morgan fingerprint density at radius 3 is 2.82 bits per heavy atom. The van der Waals surface area contributed by atoms with Crippen molar-refractivity contribution >= 4 is 11.7 Å². The fraction of sp³-hybridized carbons (Fsp3) is 0.385. The number of phenols is 1. The quantitative estimate of drug-likeness (QED) is 0.833. The van der Waals surface area contributed by atoms with Crippen molar-refractivity contribution in [3.05, 3.63) is 29.8 Å². The number of hydrogen-bond acceptors (Lipinski definition) is 3. The zero-order valence-electron chi connectivity index (χ0n) is 9.56. The first-order valence-electron chi connectivity index (χ1n) is 5.73. The summed E-state index contributed by atoms with van der Waals surface area (Å²) < 4.78 is 0. The number of benzene rings is 1. The lowest BCUT2D eigenvalue weighted by molar-refractivity contribution is -0.137. The van der Waals surface area contributed by atoms with Gasteiger partial charge in [0.2, 0.25) is 5.91 Å². The minimum atomic E-state index is -0.0976. The molecule has 1 aromatic carbocycles. The van der Waals surface area contributed by atoms with E-state index in [1.54, 1.807) is 29.2 Å². The number of aromatic hydroxyl groups is 1. The molecule has 1 saturated heterocycles. The van der Waals surface area contributed by atoms with Gasteiger partial charge in [0.15, 0.2) is 5.78 Å². The van der Waals surface area contributed by atoms with Crippen LogP contribution in [0.25, 0.3) is 0 Å². The number of carbonyl (C=O) groups excluding carboxylic acids is 2. The first-order chi connectivity index (χ1) is 8.16. The minimum absolute atomic E-state index is 0.0976. The van der Waals surface area contributed by atoms with Gasteiger partial charge in [-0.25, -0.2) is 0 Å². The van der Waals surface area contributed by atoms with E-state index in [0.717, 1.165) is 6.42 Å². The SMILES string of the molecule is O=C1CCCN(C(=O)Cc2ccccc2O)C1. The predicted octanol–water partition coefficient (Wildman–Crippen LogP) is 1.13. The van der Waals surface area contributed by atoms with E-state index in [1.165, 1.54) is 0 Å². The van der Waals surface area contributed by atoms with E-state index in [-0.39, 0.29) is 30.4 Å². The van der Waals surface area contributed by atoms with Crippen LogP contribution in [0.15, 0.2) is 24.3 Å². The second-order valence-corrected chi connectivity index (χ2v) is 4.26. The number of piperidine rings is 1. The molecular formula is C13H15NO3. The molecule has 1 heterocycles. The van der Waals surface area contributed by atoms with Gasteiger partial charge in [-0.3, -0.25) is 9.59 Å². The Labute approximate surface area is 99.9 Å². The number of hydrogen-bond donors (Lipinski definition) is 1. The Kier molecular flexibility index (Phi) is 3.42. The Morgan fingerprint density at radius 2 is 2.12 bits per heavy atom. The molecule has 0 aromatic heterocycles. The molecule has 4 nitrogen and oxygen atoms in total. The lowest BCUT2D eigenvalue weighted by Gasteiger charge is -2.25. The highest BCUT2D eigenvalue weighted by atomic mass is 16.3. The van der Waals surface area contributed by atoms with Crippen molar-refractivity contribution < 1.29 is 14.7 Å². The zero-order valence-corrected chi connectivity index (χ0v) is 9.56. The van der Waals surface area contributed by atoms with Crippen LogP contribution in [-0.4, -0.2) is 34.8 Å². The first kappa shape index (κ1) is 11.6. The number of nitrogens with zero attached hydrogens (tertiary/aromatic N) is 1. The van der Waals surface area contributed by atoms with Gasteiger partial charge in [0.05, 0.1) is 13.0 Å². The van der Waals surface area contributed by atoms with Crippen molar-refractivity contribution in [3.8, 4) is 5.75 Å². The summed E-state index contributed by atoms with van der Waals surface area (Å²) in [5.41, 5.74) is 0.607. The summed E-state index contributed by atoms with van der Waals surface area (Å²) in [5.74, 6) is 0.144. The monoisotopic (exact) mass is 233 g/mol. The van der Waals surface area contributed by atoms with Gasteiger partial charge in [0, 0.05) is 18.5 Å². The van der Waals surface area contributed by atoms with Crippen LogP contribution < -0.4 is 0 Å². The summed E-state index contributed by atoms with van der Waals surface area (Å²) in [4.78, 5) is 24.7. The van der Waals surface area contributed by atoms with Crippen LogP contribution in [0.5, 0.6) is 5.75 Å². The summed E-state index contributed by atoms with van der Waals surface area (Å²) >= 11 is 0. The maximum Gasteiger partial charge on any atom is 0.227 e. The van der Waals surface area contributed by atoms with Crippen molar-refractivity contribution in [2.24, 2.45) is 0 Å². The van der Waals surface area contributed by atoms with E-state index in [4.69, 9.17) is 0 Å². The number of phenolic OH excluding ortho intramolecular Hbond substituents is 1. The second kappa shape index (κ2) is 4.99. The molecule has 1 amide bonds. The zero-order chi connectivity index (χ0) is 12.3. The number of Topliss-reactive ketones (excluding diaryl/α,β-unsaturated/α-hetero) is 1. The Hall–Kier alpha value is -1.84. The smallest absolute Gasteiger partial charge is 0.227 e. The Morgan fingerprint density at radius 1 is 1.35 bits per heavy atom. The van der Waals surface area contributed by atoms with E-state index in [1.807, 2.05) is 0 Å². The molecule has 90 valence electrons. The number of ketones is 1. The molecular weight excluding hydrogens is 218 g/mol. The normalized spacial score (nSPS) is 16.0. The topological polar surface area (TPSA) is 57.6 Å². The average molecular weight is 233 g/mol. The third kappa shape index (κ3) is 2.84. The van der Waals surface area contributed by atoms with Gasteiger partial charge in [0.25, 0.3) is 0 Å². The summed E-state index contributed by atoms with van der Waals surface area (Å²) in [6.45, 7) is 0.852. The Balaban J connectivity index is 2.02. The molecule has 0 radical (unpaired) electrons. The van der Waals surface area contributed by atoms with Crippen LogP contribution in [-0.2, 0) is 16.0 Å². The third-order valence-corrected chi connectivity index (χ3v) is 2.94. The van der Waals surface area contributed by atoms with Gasteiger partial charge in [-0.1, -0.05) is 18.2 Å². The molecule has 1 aliphatic rings. The maximum atomic E-state index is 11.9. The van der Waals surface area contributed by atoms with Crippen LogP contribution in [0.3, 0.4) is 0 Å². The summed E-state index contributed by atoms with van der Waals surface area (Å²) in [6, 6.07) is 6.78. The van der Waals surface area contributed by atoms with Gasteiger partial charge in [-0.15, -0.1) is 0 Å². The van der Waals surface area contributed by atoms with Crippen LogP contribution in [0.2, 0.25) is 0 Å². The highest BCUT2D eigenvalue weighted by Gasteiger charge is 2.21. The highest BCUT2D eigenvalue weighted by molar-refractivity contribution is 5.88. The molecule has 0 aliphatic carbocycles. The lowest BCUT2D eigenvalue weighted by Crippen LogP contribution is -2.40.